The highest BCUT2D eigenvalue weighted by Crippen LogP contribution is 2.28. The normalized spacial score (nSPS) is 18.9. The predicted molar refractivity (Wildman–Crippen MR) is 93.1 cm³/mol. The molecule has 0 atom stereocenters. The van der Waals surface area contributed by atoms with Crippen molar-refractivity contribution in [2.45, 2.75) is 38.6 Å². The molecule has 1 aliphatic heterocycles. The van der Waals surface area contributed by atoms with Gasteiger partial charge in [0, 0.05) is 29.7 Å². The molecule has 22 heavy (non-hydrogen) atoms. The maximum Gasteiger partial charge on any atom is 0.253 e. The van der Waals surface area contributed by atoms with E-state index in [2.05, 4.69) is 5.32 Å². The van der Waals surface area contributed by atoms with Crippen LogP contribution >= 0.6 is 24.0 Å². The number of halogens is 2. The van der Waals surface area contributed by atoms with Gasteiger partial charge in [-0.3, -0.25) is 4.79 Å². The number of nitrogens with one attached hydrogen (secondary N) is 1. The second kappa shape index (κ2) is 7.67. The third-order valence-corrected chi connectivity index (χ3v) is 4.68. The molecule has 0 spiro atoms. The fraction of sp³-hybridized carbons (Fsp3) is 0.588. The summed E-state index contributed by atoms with van der Waals surface area (Å²) >= 11 is 6.05. The zero-order valence-electron chi connectivity index (χ0n) is 13.0. The molecule has 3 nitrogen and oxygen atoms in total. The topological polar surface area (TPSA) is 32.3 Å². The first-order chi connectivity index (χ1) is 10.1. The van der Waals surface area contributed by atoms with Crippen LogP contribution in [0.1, 0.15) is 41.6 Å². The second-order valence-corrected chi connectivity index (χ2v) is 6.87. The van der Waals surface area contributed by atoms with Crippen LogP contribution in [0, 0.1) is 12.8 Å². The van der Waals surface area contributed by atoms with Crippen molar-refractivity contribution in [2.24, 2.45) is 5.92 Å². The van der Waals surface area contributed by atoms with E-state index in [1.54, 1.807) is 6.07 Å². The minimum Gasteiger partial charge on any atom is -0.339 e. The van der Waals surface area contributed by atoms with E-state index >= 15 is 0 Å². The Morgan fingerprint density at radius 2 is 1.91 bits per heavy atom. The van der Waals surface area contributed by atoms with Crippen LogP contribution in [-0.2, 0) is 0 Å². The molecule has 122 valence electrons. The van der Waals surface area contributed by atoms with E-state index in [-0.39, 0.29) is 18.3 Å². The summed E-state index contributed by atoms with van der Waals surface area (Å²) in [5.41, 5.74) is 1.75. The number of rotatable bonds is 4. The van der Waals surface area contributed by atoms with Gasteiger partial charge in [0.25, 0.3) is 5.91 Å². The van der Waals surface area contributed by atoms with E-state index in [9.17, 15) is 4.79 Å². The molecule has 1 aliphatic carbocycles. The molecule has 1 saturated carbocycles. The van der Waals surface area contributed by atoms with Gasteiger partial charge in [0.15, 0.2) is 0 Å². The smallest absolute Gasteiger partial charge is 0.253 e. The fourth-order valence-electron chi connectivity index (χ4n) is 2.98. The Balaban J connectivity index is 0.00000176. The number of nitrogens with zero attached hydrogens (tertiary/aromatic N) is 1. The van der Waals surface area contributed by atoms with Crippen molar-refractivity contribution < 1.29 is 4.79 Å². The number of carbonyl (C=O) groups is 1. The summed E-state index contributed by atoms with van der Waals surface area (Å²) in [5.74, 6) is 1.03. The number of aryl methyl sites for hydroxylation is 1. The maximum atomic E-state index is 12.5. The Kier molecular flexibility index (Phi) is 6.13. The number of hydrogen-bond donors (Lipinski definition) is 1. The number of benzene rings is 1. The summed E-state index contributed by atoms with van der Waals surface area (Å²) in [4.78, 5) is 14.5. The van der Waals surface area contributed by atoms with Crippen LogP contribution in [0.5, 0.6) is 0 Å². The lowest BCUT2D eigenvalue weighted by atomic mass is 10.0. The Morgan fingerprint density at radius 3 is 2.50 bits per heavy atom. The van der Waals surface area contributed by atoms with E-state index in [0.717, 1.165) is 44.0 Å². The lowest BCUT2D eigenvalue weighted by molar-refractivity contribution is 0.0705. The van der Waals surface area contributed by atoms with Crippen LogP contribution in [0.3, 0.4) is 0 Å². The van der Waals surface area contributed by atoms with Crippen LogP contribution < -0.4 is 5.32 Å². The van der Waals surface area contributed by atoms with E-state index < -0.39 is 0 Å². The van der Waals surface area contributed by atoms with Gasteiger partial charge in [-0.25, -0.2) is 0 Å². The number of carbonyl (C=O) groups excluding carboxylic acids is 1. The van der Waals surface area contributed by atoms with Gasteiger partial charge in [-0.1, -0.05) is 11.6 Å². The average molecular weight is 343 g/mol. The molecule has 1 aromatic carbocycles. The van der Waals surface area contributed by atoms with Crippen molar-refractivity contribution >= 4 is 29.9 Å². The summed E-state index contributed by atoms with van der Waals surface area (Å²) < 4.78 is 0. The van der Waals surface area contributed by atoms with E-state index in [1.165, 1.54) is 12.8 Å². The first-order valence-electron chi connectivity index (χ1n) is 7.91. The molecule has 3 rings (SSSR count). The average Bonchev–Trinajstić information content (AvgIpc) is 3.28. The highest BCUT2D eigenvalue weighted by atomic mass is 35.5. The number of amides is 1. The lowest BCUT2D eigenvalue weighted by Crippen LogP contribution is -2.45. The number of likely N-dealkylation sites (tertiary alicyclic amines) is 1. The Labute approximate surface area is 143 Å². The zero-order valence-corrected chi connectivity index (χ0v) is 14.6. The molecule has 5 heteroatoms. The van der Waals surface area contributed by atoms with Crippen LogP contribution in [-0.4, -0.2) is 36.5 Å². The molecule has 1 saturated heterocycles. The predicted octanol–water partition coefficient (Wildman–Crippen LogP) is 3.67. The van der Waals surface area contributed by atoms with Gasteiger partial charge in [0.05, 0.1) is 0 Å². The molecule has 0 aromatic heterocycles. The molecule has 0 radical (unpaired) electrons. The largest absolute Gasteiger partial charge is 0.339 e. The monoisotopic (exact) mass is 342 g/mol. The number of hydrogen-bond acceptors (Lipinski definition) is 2. The van der Waals surface area contributed by atoms with Crippen molar-refractivity contribution in [3.63, 3.8) is 0 Å². The minimum atomic E-state index is 0. The van der Waals surface area contributed by atoms with Crippen LogP contribution in [0.15, 0.2) is 18.2 Å². The number of piperidine rings is 1. The molecular weight excluding hydrogens is 319 g/mol. The first-order valence-corrected chi connectivity index (χ1v) is 8.29. The standard InChI is InChI=1S/C17H23ClN2O.ClH/c1-12-8-14(10-15(18)9-12)17(21)20-6-4-16(5-7-20)19-11-13-2-3-13;/h8-10,13,16,19H,2-7,11H2,1H3;1H. The Hall–Kier alpha value is -0.770. The van der Waals surface area contributed by atoms with Crippen molar-refractivity contribution in [3.05, 3.63) is 34.3 Å². The van der Waals surface area contributed by atoms with Crippen molar-refractivity contribution in [3.8, 4) is 0 Å². The second-order valence-electron chi connectivity index (χ2n) is 6.44. The summed E-state index contributed by atoms with van der Waals surface area (Å²) in [6, 6.07) is 6.16. The van der Waals surface area contributed by atoms with Crippen LogP contribution in [0.2, 0.25) is 5.02 Å². The zero-order chi connectivity index (χ0) is 14.8. The molecular formula is C17H24Cl2N2O. The van der Waals surface area contributed by atoms with E-state index in [4.69, 9.17) is 11.6 Å². The van der Waals surface area contributed by atoms with Gasteiger partial charge in [0.1, 0.15) is 0 Å². The molecule has 1 heterocycles. The summed E-state index contributed by atoms with van der Waals surface area (Å²) in [6.07, 6.45) is 4.88. The van der Waals surface area contributed by atoms with Gasteiger partial charge in [-0.15, -0.1) is 12.4 Å². The molecule has 2 aliphatic rings. The summed E-state index contributed by atoms with van der Waals surface area (Å²) in [5, 5.41) is 4.28. The van der Waals surface area contributed by atoms with Gasteiger partial charge in [-0.2, -0.15) is 0 Å². The van der Waals surface area contributed by atoms with Crippen molar-refractivity contribution in [1.82, 2.24) is 10.2 Å². The van der Waals surface area contributed by atoms with E-state index in [1.807, 2.05) is 24.0 Å². The van der Waals surface area contributed by atoms with Crippen LogP contribution in [0.25, 0.3) is 0 Å². The highest BCUT2D eigenvalue weighted by molar-refractivity contribution is 6.31. The van der Waals surface area contributed by atoms with Crippen molar-refractivity contribution in [1.29, 1.82) is 0 Å². The maximum absolute atomic E-state index is 12.5. The summed E-state index contributed by atoms with van der Waals surface area (Å²) in [6.45, 7) is 4.81. The fourth-order valence-corrected chi connectivity index (χ4v) is 3.27. The third kappa shape index (κ3) is 4.61. The van der Waals surface area contributed by atoms with Gasteiger partial charge in [-0.05, 0) is 68.8 Å². The SMILES string of the molecule is Cc1cc(Cl)cc(C(=O)N2CCC(NCC3CC3)CC2)c1.Cl. The lowest BCUT2D eigenvalue weighted by Gasteiger charge is -2.32. The molecule has 0 bridgehead atoms. The Morgan fingerprint density at radius 1 is 1.23 bits per heavy atom. The third-order valence-electron chi connectivity index (χ3n) is 4.46. The minimum absolute atomic E-state index is 0. The van der Waals surface area contributed by atoms with Gasteiger partial charge >= 0.3 is 0 Å². The Bertz CT molecular complexity index is 503. The van der Waals surface area contributed by atoms with E-state index in [0.29, 0.717) is 16.6 Å². The molecule has 1 N–H and O–H groups in total. The highest BCUT2D eigenvalue weighted by Gasteiger charge is 2.26. The molecule has 0 unspecified atom stereocenters. The van der Waals surface area contributed by atoms with Crippen LogP contribution in [0.4, 0.5) is 0 Å². The first kappa shape index (κ1) is 17.6. The molecule has 1 amide bonds. The molecule has 1 aromatic rings. The summed E-state index contributed by atoms with van der Waals surface area (Å²) in [7, 11) is 0. The van der Waals surface area contributed by atoms with Crippen molar-refractivity contribution in [2.75, 3.05) is 19.6 Å². The molecule has 2 fully saturated rings. The van der Waals surface area contributed by atoms with Gasteiger partial charge in [0.2, 0.25) is 0 Å². The quantitative estimate of drug-likeness (QED) is 0.905. The van der Waals surface area contributed by atoms with Gasteiger partial charge < -0.3 is 10.2 Å².